The van der Waals surface area contributed by atoms with Gasteiger partial charge in [0.2, 0.25) is 0 Å². The van der Waals surface area contributed by atoms with Crippen molar-refractivity contribution in [2.45, 2.75) is 19.0 Å². The summed E-state index contributed by atoms with van der Waals surface area (Å²) in [4.78, 5) is 16.4. The van der Waals surface area contributed by atoms with Gasteiger partial charge in [-0.2, -0.15) is 0 Å². The maximum Gasteiger partial charge on any atom is 0.251 e. The van der Waals surface area contributed by atoms with E-state index < -0.39 is 0 Å². The maximum absolute atomic E-state index is 12.6. The molecule has 1 N–H and O–H groups in total. The molecule has 1 aliphatic heterocycles. The van der Waals surface area contributed by atoms with E-state index in [2.05, 4.69) is 52.0 Å². The number of hydrogen-bond acceptors (Lipinski definition) is 4. The van der Waals surface area contributed by atoms with Crippen LogP contribution in [-0.4, -0.2) is 31.0 Å². The topological polar surface area (TPSA) is 41.6 Å². The highest BCUT2D eigenvalue weighted by Gasteiger charge is 2.26. The number of carbonyl (C=O) groups excluding carboxylic acids is 1. The Hall–Kier alpha value is -2.63. The first kappa shape index (κ1) is 18.7. The van der Waals surface area contributed by atoms with Gasteiger partial charge in [0.25, 0.3) is 5.91 Å². The van der Waals surface area contributed by atoms with E-state index in [1.807, 2.05) is 12.1 Å². The van der Waals surface area contributed by atoms with Gasteiger partial charge in [0.15, 0.2) is 0 Å². The minimum absolute atomic E-state index is 0.0541. The molecule has 0 unspecified atom stereocenters. The van der Waals surface area contributed by atoms with Crippen LogP contribution in [-0.2, 0) is 13.0 Å². The number of methoxy groups -OCH3 is 1. The smallest absolute Gasteiger partial charge is 0.251 e. The molecule has 1 aliphatic rings. The molecule has 4 nitrogen and oxygen atoms in total. The number of hydrogen-bond donors (Lipinski definition) is 1. The Morgan fingerprint density at radius 3 is 2.61 bits per heavy atom. The quantitative estimate of drug-likeness (QED) is 0.681. The van der Waals surface area contributed by atoms with E-state index in [0.717, 1.165) is 25.3 Å². The number of nitrogens with one attached hydrogen (secondary N) is 1. The van der Waals surface area contributed by atoms with Gasteiger partial charge in [-0.3, -0.25) is 9.69 Å². The number of fused-ring (bicyclic) bond motifs is 1. The molecule has 3 aromatic rings. The third-order valence-corrected chi connectivity index (χ3v) is 6.25. The number of ether oxygens (including phenoxy) is 1. The molecule has 28 heavy (non-hydrogen) atoms. The first-order valence-electron chi connectivity index (χ1n) is 9.51. The van der Waals surface area contributed by atoms with Crippen LogP contribution in [0.5, 0.6) is 5.75 Å². The molecule has 1 aromatic heterocycles. The maximum atomic E-state index is 12.6. The molecule has 5 heteroatoms. The summed E-state index contributed by atoms with van der Waals surface area (Å²) in [6.07, 6.45) is 1.05. The molecular formula is C23H24N2O2S. The average Bonchev–Trinajstić information content (AvgIpc) is 3.28. The minimum atomic E-state index is -0.0541. The predicted molar refractivity (Wildman–Crippen MR) is 113 cm³/mol. The van der Waals surface area contributed by atoms with Crippen molar-refractivity contribution in [2.24, 2.45) is 0 Å². The minimum Gasteiger partial charge on any atom is -0.497 e. The highest BCUT2D eigenvalue weighted by atomic mass is 32.1. The van der Waals surface area contributed by atoms with E-state index in [9.17, 15) is 4.79 Å². The van der Waals surface area contributed by atoms with Crippen molar-refractivity contribution >= 4 is 17.2 Å². The molecule has 1 amide bonds. The summed E-state index contributed by atoms with van der Waals surface area (Å²) in [5.74, 6) is 0.696. The second kappa shape index (κ2) is 8.59. The molecule has 0 saturated carbocycles. The van der Waals surface area contributed by atoms with E-state index in [0.29, 0.717) is 12.1 Å². The zero-order chi connectivity index (χ0) is 19.3. The summed E-state index contributed by atoms with van der Waals surface area (Å²) in [7, 11) is 1.62. The molecular weight excluding hydrogens is 368 g/mol. The third-order valence-electron chi connectivity index (χ3n) is 5.28. The van der Waals surface area contributed by atoms with E-state index in [-0.39, 0.29) is 11.9 Å². The van der Waals surface area contributed by atoms with Crippen LogP contribution >= 0.6 is 11.3 Å². The van der Waals surface area contributed by atoms with Crippen LogP contribution in [0.15, 0.2) is 66.0 Å². The van der Waals surface area contributed by atoms with Crippen molar-refractivity contribution in [1.82, 2.24) is 10.2 Å². The Kier molecular flexibility index (Phi) is 5.74. The largest absolute Gasteiger partial charge is 0.497 e. The van der Waals surface area contributed by atoms with Gasteiger partial charge >= 0.3 is 0 Å². The standard InChI is InChI=1S/C23H24N2O2S/c1-27-20-10-8-18(9-11-20)23(26)24-15-21(22-7-4-14-28-22)25-13-12-17-5-2-3-6-19(17)16-25/h2-11,14,21H,12-13,15-16H2,1H3,(H,24,26)/t21-/m1/s1. The zero-order valence-electron chi connectivity index (χ0n) is 15.9. The summed E-state index contributed by atoms with van der Waals surface area (Å²) in [5, 5.41) is 5.23. The first-order chi connectivity index (χ1) is 13.7. The molecule has 0 fully saturated rings. The fourth-order valence-electron chi connectivity index (χ4n) is 3.71. The van der Waals surface area contributed by atoms with Gasteiger partial charge in [0.05, 0.1) is 13.2 Å². The van der Waals surface area contributed by atoms with Crippen LogP contribution in [0.3, 0.4) is 0 Å². The van der Waals surface area contributed by atoms with Crippen molar-refractivity contribution in [3.05, 3.63) is 87.6 Å². The molecule has 144 valence electrons. The molecule has 2 aromatic carbocycles. The van der Waals surface area contributed by atoms with Crippen LogP contribution in [0.1, 0.15) is 32.4 Å². The molecule has 0 spiro atoms. The van der Waals surface area contributed by atoms with Gasteiger partial charge in [0, 0.05) is 30.1 Å². The lowest BCUT2D eigenvalue weighted by molar-refractivity contribution is 0.0928. The van der Waals surface area contributed by atoms with Crippen molar-refractivity contribution in [1.29, 1.82) is 0 Å². The van der Waals surface area contributed by atoms with E-state index in [1.54, 1.807) is 30.6 Å². The second-order valence-electron chi connectivity index (χ2n) is 6.96. The summed E-state index contributed by atoms with van der Waals surface area (Å²) in [6, 6.07) is 20.3. The zero-order valence-corrected chi connectivity index (χ0v) is 16.7. The van der Waals surface area contributed by atoms with Crippen molar-refractivity contribution in [2.75, 3.05) is 20.2 Å². The Morgan fingerprint density at radius 1 is 1.11 bits per heavy atom. The van der Waals surface area contributed by atoms with Crippen LogP contribution in [0.25, 0.3) is 0 Å². The predicted octanol–water partition coefficient (Wildman–Crippen LogP) is 4.29. The fraction of sp³-hybridized carbons (Fsp3) is 0.261. The van der Waals surface area contributed by atoms with E-state index in [4.69, 9.17) is 4.74 Å². The molecule has 0 bridgehead atoms. The van der Waals surface area contributed by atoms with Crippen LogP contribution in [0.4, 0.5) is 0 Å². The van der Waals surface area contributed by atoms with Crippen LogP contribution in [0, 0.1) is 0 Å². The van der Waals surface area contributed by atoms with Gasteiger partial charge in [-0.1, -0.05) is 30.3 Å². The molecule has 1 atom stereocenters. The van der Waals surface area contributed by atoms with Gasteiger partial charge < -0.3 is 10.1 Å². The Labute approximate surface area is 169 Å². The number of thiophene rings is 1. The van der Waals surface area contributed by atoms with Crippen LogP contribution < -0.4 is 10.1 Å². The van der Waals surface area contributed by atoms with Crippen molar-refractivity contribution < 1.29 is 9.53 Å². The average molecular weight is 393 g/mol. The molecule has 2 heterocycles. The lowest BCUT2D eigenvalue weighted by Gasteiger charge is -2.35. The number of rotatable bonds is 6. The molecule has 0 saturated heterocycles. The van der Waals surface area contributed by atoms with Gasteiger partial charge in [-0.15, -0.1) is 11.3 Å². The number of amides is 1. The summed E-state index contributed by atoms with van der Waals surface area (Å²) >= 11 is 1.75. The van der Waals surface area contributed by atoms with Gasteiger partial charge in [-0.05, 0) is 53.3 Å². The van der Waals surface area contributed by atoms with Crippen molar-refractivity contribution in [3.8, 4) is 5.75 Å². The van der Waals surface area contributed by atoms with E-state index >= 15 is 0 Å². The Bertz CT molecular complexity index is 922. The third kappa shape index (κ3) is 4.11. The van der Waals surface area contributed by atoms with Gasteiger partial charge in [-0.25, -0.2) is 0 Å². The second-order valence-corrected chi connectivity index (χ2v) is 7.94. The summed E-state index contributed by atoms with van der Waals surface area (Å²) in [5.41, 5.74) is 3.47. The molecule has 0 aliphatic carbocycles. The van der Waals surface area contributed by atoms with Crippen molar-refractivity contribution in [3.63, 3.8) is 0 Å². The highest BCUT2D eigenvalue weighted by molar-refractivity contribution is 7.10. The normalized spacial score (nSPS) is 14.9. The lowest BCUT2D eigenvalue weighted by atomic mass is 9.98. The highest BCUT2D eigenvalue weighted by Crippen LogP contribution is 2.30. The van der Waals surface area contributed by atoms with Gasteiger partial charge in [0.1, 0.15) is 5.75 Å². The molecule has 0 radical (unpaired) electrons. The number of nitrogens with zero attached hydrogens (tertiary/aromatic N) is 1. The Morgan fingerprint density at radius 2 is 1.89 bits per heavy atom. The van der Waals surface area contributed by atoms with Crippen LogP contribution in [0.2, 0.25) is 0 Å². The first-order valence-corrected chi connectivity index (χ1v) is 10.4. The Balaban J connectivity index is 1.47. The SMILES string of the molecule is COc1ccc(C(=O)NC[C@H](c2cccs2)N2CCc3ccccc3C2)cc1. The number of benzene rings is 2. The summed E-state index contributed by atoms with van der Waals surface area (Å²) < 4.78 is 5.17. The number of carbonyl (C=O) groups is 1. The van der Waals surface area contributed by atoms with E-state index in [1.165, 1.54) is 16.0 Å². The molecule has 4 rings (SSSR count). The lowest BCUT2D eigenvalue weighted by Crippen LogP contribution is -2.40. The fourth-order valence-corrected chi connectivity index (χ4v) is 4.57. The summed E-state index contributed by atoms with van der Waals surface area (Å²) in [6.45, 7) is 2.50. The monoisotopic (exact) mass is 392 g/mol.